The molecule has 2 aromatic rings. The normalized spacial score (nSPS) is 13.3. The van der Waals surface area contributed by atoms with Crippen LogP contribution in [-0.4, -0.2) is 11.8 Å². The predicted molar refractivity (Wildman–Crippen MR) is 76.4 cm³/mol. The Balaban J connectivity index is 2.17. The fraction of sp³-hybridized carbons (Fsp3) is 0. The van der Waals surface area contributed by atoms with Crippen molar-refractivity contribution >= 4 is 33.4 Å². The quantitative estimate of drug-likeness (QED) is 0.756. The molecule has 96 valence electrons. The minimum absolute atomic E-state index is 0.272. The molecule has 2 aromatic carbocycles. The van der Waals surface area contributed by atoms with E-state index in [-0.39, 0.29) is 5.56 Å². The second kappa shape index (κ2) is 4.58. The molecule has 1 aliphatic heterocycles. The Labute approximate surface area is 123 Å². The highest BCUT2D eigenvalue weighted by Crippen LogP contribution is 2.31. The van der Waals surface area contributed by atoms with Gasteiger partial charge in [0.25, 0.3) is 11.8 Å². The molecule has 0 fully saturated rings. The lowest BCUT2D eigenvalue weighted by atomic mass is 10.1. The zero-order chi connectivity index (χ0) is 14.3. The summed E-state index contributed by atoms with van der Waals surface area (Å²) in [6, 6.07) is 13.5. The zero-order valence-corrected chi connectivity index (χ0v) is 11.7. The Morgan fingerprint density at radius 1 is 1.00 bits per heavy atom. The number of hydrogen-bond acceptors (Lipinski definition) is 3. The molecule has 0 saturated heterocycles. The average Bonchev–Trinajstić information content (AvgIpc) is 2.72. The molecule has 3 rings (SSSR count). The lowest BCUT2D eigenvalue weighted by molar-refractivity contribution is 0.0926. The van der Waals surface area contributed by atoms with E-state index in [4.69, 9.17) is 0 Å². The van der Waals surface area contributed by atoms with Crippen molar-refractivity contribution in [3.05, 3.63) is 63.6 Å². The Bertz CT molecular complexity index is 758. The number of anilines is 1. The molecular weight excluding hydrogens is 320 g/mol. The molecule has 1 heterocycles. The SMILES string of the molecule is N#Cc1cc(Br)ccc1N1C(=O)c2ccccc2C1=O. The topological polar surface area (TPSA) is 61.2 Å². The molecule has 0 atom stereocenters. The smallest absolute Gasteiger partial charge is 0.266 e. The molecule has 0 saturated carbocycles. The molecule has 0 unspecified atom stereocenters. The number of amides is 2. The van der Waals surface area contributed by atoms with Crippen LogP contribution in [0.15, 0.2) is 46.9 Å². The number of fused-ring (bicyclic) bond motifs is 1. The maximum Gasteiger partial charge on any atom is 0.266 e. The Morgan fingerprint density at radius 2 is 1.60 bits per heavy atom. The highest BCUT2D eigenvalue weighted by atomic mass is 79.9. The molecule has 1 aliphatic rings. The molecule has 2 amide bonds. The van der Waals surface area contributed by atoms with E-state index < -0.39 is 11.8 Å². The highest BCUT2D eigenvalue weighted by Gasteiger charge is 2.37. The minimum Gasteiger partial charge on any atom is -0.268 e. The summed E-state index contributed by atoms with van der Waals surface area (Å²) in [4.78, 5) is 25.7. The molecule has 0 aromatic heterocycles. The summed E-state index contributed by atoms with van der Waals surface area (Å²) < 4.78 is 0.717. The van der Waals surface area contributed by atoms with Crippen molar-refractivity contribution in [3.8, 4) is 6.07 Å². The number of nitriles is 1. The number of hydrogen-bond donors (Lipinski definition) is 0. The summed E-state index contributed by atoms with van der Waals surface area (Å²) in [7, 11) is 0. The van der Waals surface area contributed by atoms with Crippen LogP contribution in [0, 0.1) is 11.3 Å². The third kappa shape index (κ3) is 1.74. The number of nitrogens with zero attached hydrogens (tertiary/aromatic N) is 2. The molecule has 20 heavy (non-hydrogen) atoms. The Kier molecular flexibility index (Phi) is 2.88. The molecule has 5 heteroatoms. The Morgan fingerprint density at radius 3 is 2.15 bits per heavy atom. The monoisotopic (exact) mass is 326 g/mol. The maximum atomic E-state index is 12.3. The maximum absolute atomic E-state index is 12.3. The molecule has 0 N–H and O–H groups in total. The van der Waals surface area contributed by atoms with Gasteiger partial charge in [0, 0.05) is 4.47 Å². The van der Waals surface area contributed by atoms with Crippen molar-refractivity contribution in [2.45, 2.75) is 0 Å². The van der Waals surface area contributed by atoms with Gasteiger partial charge in [0.2, 0.25) is 0 Å². The van der Waals surface area contributed by atoms with Crippen molar-refractivity contribution in [3.63, 3.8) is 0 Å². The van der Waals surface area contributed by atoms with Gasteiger partial charge in [0.05, 0.1) is 22.4 Å². The summed E-state index contributed by atoms with van der Waals surface area (Å²) >= 11 is 3.26. The number of halogens is 1. The second-order valence-electron chi connectivity index (χ2n) is 4.26. The lowest BCUT2D eigenvalue weighted by Crippen LogP contribution is -2.30. The molecule has 0 spiro atoms. The van der Waals surface area contributed by atoms with Gasteiger partial charge in [-0.05, 0) is 30.3 Å². The van der Waals surface area contributed by atoms with Gasteiger partial charge in [-0.2, -0.15) is 5.26 Å². The van der Waals surface area contributed by atoms with E-state index in [1.165, 1.54) is 0 Å². The van der Waals surface area contributed by atoms with Gasteiger partial charge in [-0.25, -0.2) is 4.90 Å². The fourth-order valence-electron chi connectivity index (χ4n) is 2.20. The van der Waals surface area contributed by atoms with Crippen LogP contribution in [0.1, 0.15) is 26.3 Å². The van der Waals surface area contributed by atoms with Crippen LogP contribution in [-0.2, 0) is 0 Å². The first kappa shape index (κ1) is 12.6. The van der Waals surface area contributed by atoms with E-state index in [1.54, 1.807) is 42.5 Å². The molecule has 0 radical (unpaired) electrons. The lowest BCUT2D eigenvalue weighted by Gasteiger charge is -2.15. The van der Waals surface area contributed by atoms with E-state index in [2.05, 4.69) is 15.9 Å². The van der Waals surface area contributed by atoms with E-state index in [0.717, 1.165) is 9.37 Å². The van der Waals surface area contributed by atoms with Gasteiger partial charge in [0.1, 0.15) is 6.07 Å². The van der Waals surface area contributed by atoms with Gasteiger partial charge in [0.15, 0.2) is 0 Å². The van der Waals surface area contributed by atoms with Crippen molar-refractivity contribution in [1.29, 1.82) is 5.26 Å². The van der Waals surface area contributed by atoms with Crippen LogP contribution in [0.4, 0.5) is 5.69 Å². The predicted octanol–water partition coefficient (Wildman–Crippen LogP) is 3.12. The van der Waals surface area contributed by atoms with Gasteiger partial charge < -0.3 is 0 Å². The minimum atomic E-state index is -0.399. The summed E-state index contributed by atoms with van der Waals surface area (Å²) in [5.74, 6) is -0.797. The molecule has 0 aliphatic carbocycles. The first-order valence-electron chi connectivity index (χ1n) is 5.81. The highest BCUT2D eigenvalue weighted by molar-refractivity contribution is 9.10. The largest absolute Gasteiger partial charge is 0.268 e. The second-order valence-corrected chi connectivity index (χ2v) is 5.18. The number of carbonyl (C=O) groups excluding carboxylic acids is 2. The van der Waals surface area contributed by atoms with Gasteiger partial charge in [-0.15, -0.1) is 0 Å². The van der Waals surface area contributed by atoms with Crippen LogP contribution >= 0.6 is 15.9 Å². The first-order chi connectivity index (χ1) is 9.63. The van der Waals surface area contributed by atoms with E-state index >= 15 is 0 Å². The number of rotatable bonds is 1. The number of carbonyl (C=O) groups is 2. The fourth-order valence-corrected chi connectivity index (χ4v) is 2.56. The standard InChI is InChI=1S/C15H7BrN2O2/c16-10-5-6-13(9(7-10)8-17)18-14(19)11-3-1-2-4-12(11)15(18)20/h1-7H. The van der Waals surface area contributed by atoms with Gasteiger partial charge in [-0.3, -0.25) is 9.59 Å². The van der Waals surface area contributed by atoms with Crippen molar-refractivity contribution < 1.29 is 9.59 Å². The molecule has 0 bridgehead atoms. The van der Waals surface area contributed by atoms with E-state index in [0.29, 0.717) is 16.8 Å². The van der Waals surface area contributed by atoms with Gasteiger partial charge >= 0.3 is 0 Å². The van der Waals surface area contributed by atoms with Crippen molar-refractivity contribution in [1.82, 2.24) is 0 Å². The summed E-state index contributed by atoms with van der Waals surface area (Å²) in [5, 5.41) is 9.17. The average molecular weight is 327 g/mol. The van der Waals surface area contributed by atoms with Crippen LogP contribution in [0.25, 0.3) is 0 Å². The Hall–Kier alpha value is -2.45. The summed E-state index contributed by atoms with van der Waals surface area (Å²) in [6.07, 6.45) is 0. The van der Waals surface area contributed by atoms with E-state index in [9.17, 15) is 14.9 Å². The van der Waals surface area contributed by atoms with Crippen LogP contribution < -0.4 is 4.90 Å². The van der Waals surface area contributed by atoms with E-state index in [1.807, 2.05) is 6.07 Å². The molecular formula is C15H7BrN2O2. The van der Waals surface area contributed by atoms with Crippen LogP contribution in [0.5, 0.6) is 0 Å². The molecule has 4 nitrogen and oxygen atoms in total. The third-order valence-corrected chi connectivity index (χ3v) is 3.61. The summed E-state index contributed by atoms with van der Waals surface area (Å²) in [5.41, 5.74) is 1.31. The zero-order valence-electron chi connectivity index (χ0n) is 10.1. The number of imide groups is 1. The summed E-state index contributed by atoms with van der Waals surface area (Å²) in [6.45, 7) is 0. The third-order valence-electron chi connectivity index (χ3n) is 3.11. The first-order valence-corrected chi connectivity index (χ1v) is 6.60. The van der Waals surface area contributed by atoms with Crippen molar-refractivity contribution in [2.75, 3.05) is 4.90 Å². The van der Waals surface area contributed by atoms with Crippen LogP contribution in [0.2, 0.25) is 0 Å². The van der Waals surface area contributed by atoms with Gasteiger partial charge in [-0.1, -0.05) is 28.1 Å². The van der Waals surface area contributed by atoms with Crippen molar-refractivity contribution in [2.24, 2.45) is 0 Å². The van der Waals surface area contributed by atoms with Crippen LogP contribution in [0.3, 0.4) is 0 Å². The number of benzene rings is 2.